The summed E-state index contributed by atoms with van der Waals surface area (Å²) in [5, 5.41) is 0. The molecule has 0 aliphatic carbocycles. The van der Waals surface area contributed by atoms with E-state index >= 15 is 0 Å². The number of carbonyl (C=O) groups excluding carboxylic acids is 1. The van der Waals surface area contributed by atoms with Gasteiger partial charge in [0.2, 0.25) is 15.9 Å². The third-order valence-corrected chi connectivity index (χ3v) is 7.71. The zero-order valence-corrected chi connectivity index (χ0v) is 19.2. The molecule has 10 heteroatoms. The zero-order chi connectivity index (χ0) is 23.5. The van der Waals surface area contributed by atoms with Crippen LogP contribution >= 0.6 is 0 Å². The first-order chi connectivity index (χ1) is 16.5. The minimum Gasteiger partial charge on any atom is -0.486 e. The lowest BCUT2D eigenvalue weighted by molar-refractivity contribution is -0.127. The molecule has 1 saturated heterocycles. The van der Waals surface area contributed by atoms with Gasteiger partial charge in [-0.15, -0.1) is 0 Å². The van der Waals surface area contributed by atoms with E-state index in [1.54, 1.807) is 29.6 Å². The fraction of sp³-hybridized carbons (Fsp3) is 0.250. The van der Waals surface area contributed by atoms with Gasteiger partial charge in [0.1, 0.15) is 13.2 Å². The van der Waals surface area contributed by atoms with Crippen LogP contribution in [0, 0.1) is 0 Å². The molecular weight excluding hydrogens is 456 g/mol. The number of aromatic nitrogens is 2. The molecule has 0 saturated carbocycles. The summed E-state index contributed by atoms with van der Waals surface area (Å²) in [5.74, 6) is 0.836. The Balaban J connectivity index is 1.19. The first-order valence-electron chi connectivity index (χ1n) is 11.0. The molecule has 1 aromatic heterocycles. The van der Waals surface area contributed by atoms with E-state index in [9.17, 15) is 13.2 Å². The molecule has 2 aliphatic heterocycles. The van der Waals surface area contributed by atoms with Crippen LogP contribution in [0.2, 0.25) is 0 Å². The van der Waals surface area contributed by atoms with Gasteiger partial charge in [0, 0.05) is 56.4 Å². The maximum Gasteiger partial charge on any atom is 0.246 e. The molecule has 0 spiro atoms. The number of hydrogen-bond donors (Lipinski definition) is 0. The van der Waals surface area contributed by atoms with E-state index in [1.807, 2.05) is 35.0 Å². The third-order valence-electron chi connectivity index (χ3n) is 5.82. The quantitative estimate of drug-likeness (QED) is 0.520. The maximum atomic E-state index is 13.1. The van der Waals surface area contributed by atoms with Crippen molar-refractivity contribution in [2.45, 2.75) is 4.90 Å². The highest BCUT2D eigenvalue weighted by Gasteiger charge is 2.30. The number of piperazine rings is 1. The zero-order valence-electron chi connectivity index (χ0n) is 18.4. The number of amides is 1. The Morgan fingerprint density at radius 2 is 1.68 bits per heavy atom. The second-order valence-electron chi connectivity index (χ2n) is 7.93. The Hall–Kier alpha value is -3.63. The topological polar surface area (TPSA) is 94.0 Å². The van der Waals surface area contributed by atoms with Crippen molar-refractivity contribution in [2.24, 2.45) is 0 Å². The number of sulfonamides is 1. The van der Waals surface area contributed by atoms with E-state index in [4.69, 9.17) is 9.47 Å². The van der Waals surface area contributed by atoms with E-state index in [1.165, 1.54) is 22.5 Å². The summed E-state index contributed by atoms with van der Waals surface area (Å²) in [6.45, 7) is 1.95. The Kier molecular flexibility index (Phi) is 6.08. The Morgan fingerprint density at radius 1 is 0.941 bits per heavy atom. The van der Waals surface area contributed by atoms with Crippen LogP contribution in [0.25, 0.3) is 11.8 Å². The molecule has 0 bridgehead atoms. The number of carbonyl (C=O) groups is 1. The Labute approximate surface area is 197 Å². The van der Waals surface area contributed by atoms with E-state index in [2.05, 4.69) is 4.98 Å². The average molecular weight is 481 g/mol. The van der Waals surface area contributed by atoms with Crippen molar-refractivity contribution in [1.82, 2.24) is 18.8 Å². The molecule has 34 heavy (non-hydrogen) atoms. The van der Waals surface area contributed by atoms with Crippen molar-refractivity contribution in [2.75, 3.05) is 39.4 Å². The minimum absolute atomic E-state index is 0.143. The summed E-state index contributed by atoms with van der Waals surface area (Å²) in [7, 11) is -3.69. The largest absolute Gasteiger partial charge is 0.486 e. The first kappa shape index (κ1) is 22.2. The van der Waals surface area contributed by atoms with Gasteiger partial charge < -0.3 is 18.9 Å². The molecule has 3 heterocycles. The predicted molar refractivity (Wildman–Crippen MR) is 125 cm³/mol. The van der Waals surface area contributed by atoms with Gasteiger partial charge in [-0.25, -0.2) is 13.4 Å². The summed E-state index contributed by atoms with van der Waals surface area (Å²) in [4.78, 5) is 18.5. The van der Waals surface area contributed by atoms with Gasteiger partial charge in [-0.2, -0.15) is 4.31 Å². The predicted octanol–water partition coefficient (Wildman–Crippen LogP) is 2.19. The van der Waals surface area contributed by atoms with Crippen LogP contribution in [-0.2, 0) is 14.8 Å². The van der Waals surface area contributed by atoms with Gasteiger partial charge in [0.15, 0.2) is 11.5 Å². The molecular formula is C24H24N4O5S. The number of ether oxygens (including phenoxy) is 2. The van der Waals surface area contributed by atoms with Crippen LogP contribution in [0.5, 0.6) is 11.5 Å². The number of benzene rings is 2. The standard InChI is InChI=1S/C24H24N4O5S/c29-24(8-3-19-1-4-20(5-2-19)27-10-9-25-18-27)26-11-13-28(14-12-26)34(30,31)21-6-7-22-23(17-21)33-16-15-32-22/h1-10,17-18H,11-16H2/b8-3+. The fourth-order valence-electron chi connectivity index (χ4n) is 3.92. The van der Waals surface area contributed by atoms with Crippen LogP contribution in [0.3, 0.4) is 0 Å². The van der Waals surface area contributed by atoms with Gasteiger partial charge in [-0.05, 0) is 35.9 Å². The molecule has 1 amide bonds. The smallest absolute Gasteiger partial charge is 0.246 e. The number of nitrogens with zero attached hydrogens (tertiary/aromatic N) is 4. The van der Waals surface area contributed by atoms with Gasteiger partial charge in [0.05, 0.1) is 11.2 Å². The second-order valence-corrected chi connectivity index (χ2v) is 9.87. The van der Waals surface area contributed by atoms with Gasteiger partial charge in [-0.1, -0.05) is 12.1 Å². The lowest BCUT2D eigenvalue weighted by Gasteiger charge is -2.33. The highest BCUT2D eigenvalue weighted by Crippen LogP contribution is 2.33. The normalized spacial score (nSPS) is 16.6. The van der Waals surface area contributed by atoms with Crippen LogP contribution < -0.4 is 9.47 Å². The lowest BCUT2D eigenvalue weighted by atomic mass is 10.2. The molecule has 0 N–H and O–H groups in total. The Morgan fingerprint density at radius 3 is 2.38 bits per heavy atom. The monoisotopic (exact) mass is 480 g/mol. The Bertz CT molecular complexity index is 1300. The van der Waals surface area contributed by atoms with E-state index < -0.39 is 10.0 Å². The van der Waals surface area contributed by atoms with Gasteiger partial charge in [0.25, 0.3) is 0 Å². The molecule has 0 atom stereocenters. The first-order valence-corrected chi connectivity index (χ1v) is 12.4. The van der Waals surface area contributed by atoms with Crippen LogP contribution in [0.15, 0.2) is 72.2 Å². The van der Waals surface area contributed by atoms with E-state index in [0.717, 1.165) is 11.3 Å². The molecule has 1 fully saturated rings. The van der Waals surface area contributed by atoms with Crippen molar-refractivity contribution in [3.63, 3.8) is 0 Å². The molecule has 5 rings (SSSR count). The van der Waals surface area contributed by atoms with Crippen LogP contribution in [0.4, 0.5) is 0 Å². The van der Waals surface area contributed by atoms with E-state index in [-0.39, 0.29) is 23.9 Å². The highest BCUT2D eigenvalue weighted by atomic mass is 32.2. The maximum absolute atomic E-state index is 13.1. The number of hydrogen-bond acceptors (Lipinski definition) is 6. The van der Waals surface area contributed by atoms with E-state index in [0.29, 0.717) is 37.8 Å². The molecule has 3 aromatic rings. The summed E-state index contributed by atoms with van der Waals surface area (Å²) < 4.78 is 40.4. The van der Waals surface area contributed by atoms with Crippen molar-refractivity contribution < 1.29 is 22.7 Å². The number of imidazole rings is 1. The highest BCUT2D eigenvalue weighted by molar-refractivity contribution is 7.89. The molecule has 0 unspecified atom stereocenters. The summed E-state index contributed by atoms with van der Waals surface area (Å²) >= 11 is 0. The summed E-state index contributed by atoms with van der Waals surface area (Å²) in [5.41, 5.74) is 1.88. The molecule has 176 valence electrons. The van der Waals surface area contributed by atoms with Gasteiger partial charge >= 0.3 is 0 Å². The molecule has 2 aliphatic rings. The minimum atomic E-state index is -3.69. The van der Waals surface area contributed by atoms with Crippen LogP contribution in [0.1, 0.15) is 5.56 Å². The lowest BCUT2D eigenvalue weighted by Crippen LogP contribution is -2.50. The average Bonchev–Trinajstić information content (AvgIpc) is 3.42. The van der Waals surface area contributed by atoms with Gasteiger partial charge in [-0.3, -0.25) is 4.79 Å². The molecule has 9 nitrogen and oxygen atoms in total. The summed E-state index contributed by atoms with van der Waals surface area (Å²) in [6.07, 6.45) is 8.59. The van der Waals surface area contributed by atoms with Crippen LogP contribution in [-0.4, -0.2) is 72.5 Å². The van der Waals surface area contributed by atoms with Crippen molar-refractivity contribution in [3.05, 3.63) is 72.8 Å². The fourth-order valence-corrected chi connectivity index (χ4v) is 5.36. The van der Waals surface area contributed by atoms with Crippen molar-refractivity contribution in [3.8, 4) is 17.2 Å². The second kappa shape index (κ2) is 9.32. The molecule has 0 radical (unpaired) electrons. The third kappa shape index (κ3) is 4.55. The molecule has 2 aromatic carbocycles. The van der Waals surface area contributed by atoms with Crippen molar-refractivity contribution >= 4 is 22.0 Å². The summed E-state index contributed by atoms with van der Waals surface area (Å²) in [6, 6.07) is 12.4. The number of fused-ring (bicyclic) bond motifs is 1. The van der Waals surface area contributed by atoms with Crippen molar-refractivity contribution in [1.29, 1.82) is 0 Å². The number of rotatable bonds is 5. The SMILES string of the molecule is O=C(/C=C/c1ccc(-n2ccnc2)cc1)N1CCN(S(=O)(=O)c2ccc3c(c2)OCCO3)CC1.